The van der Waals surface area contributed by atoms with Crippen molar-refractivity contribution in [1.82, 2.24) is 4.98 Å². The number of aromatic nitrogens is 1. The van der Waals surface area contributed by atoms with Crippen molar-refractivity contribution >= 4 is 22.4 Å². The Kier molecular flexibility index (Phi) is 5.28. The highest BCUT2D eigenvalue weighted by molar-refractivity contribution is 7.15. The molecule has 1 aromatic carbocycles. The summed E-state index contributed by atoms with van der Waals surface area (Å²) in [6.45, 7) is 2.59. The molecule has 0 aliphatic heterocycles. The average molecular weight is 330 g/mol. The molecule has 122 valence electrons. The van der Waals surface area contributed by atoms with Gasteiger partial charge in [-0.05, 0) is 51.2 Å². The second-order valence-corrected chi connectivity index (χ2v) is 6.99. The van der Waals surface area contributed by atoms with Crippen molar-refractivity contribution in [2.75, 3.05) is 11.9 Å². The number of thiazole rings is 1. The minimum Gasteiger partial charge on any atom is -0.494 e. The lowest BCUT2D eigenvalue weighted by Crippen LogP contribution is -2.12. The average Bonchev–Trinajstić information content (AvgIpc) is 2.95. The molecule has 1 amide bonds. The molecule has 23 heavy (non-hydrogen) atoms. The molecule has 5 heteroatoms. The molecule has 0 atom stereocenters. The molecule has 0 radical (unpaired) electrons. The highest BCUT2D eigenvalue weighted by atomic mass is 32.1. The smallest absolute Gasteiger partial charge is 0.226 e. The van der Waals surface area contributed by atoms with Crippen LogP contribution in [0.15, 0.2) is 24.3 Å². The molecule has 2 aromatic rings. The van der Waals surface area contributed by atoms with Crippen LogP contribution in [-0.2, 0) is 17.6 Å². The van der Waals surface area contributed by atoms with E-state index in [0.717, 1.165) is 23.7 Å². The van der Waals surface area contributed by atoms with Crippen molar-refractivity contribution in [1.29, 1.82) is 0 Å². The summed E-state index contributed by atoms with van der Waals surface area (Å²) in [7, 11) is 0. The number of ether oxygens (including phenoxy) is 1. The highest BCUT2D eigenvalue weighted by Gasteiger charge is 2.16. The van der Waals surface area contributed by atoms with E-state index in [1.165, 1.54) is 29.0 Å². The van der Waals surface area contributed by atoms with Crippen LogP contribution in [-0.4, -0.2) is 17.5 Å². The summed E-state index contributed by atoms with van der Waals surface area (Å²) >= 11 is 1.63. The van der Waals surface area contributed by atoms with Crippen LogP contribution in [0.4, 0.5) is 5.13 Å². The number of nitrogens with zero attached hydrogens (tertiary/aromatic N) is 1. The van der Waals surface area contributed by atoms with Crippen molar-refractivity contribution in [3.63, 3.8) is 0 Å². The molecule has 0 fully saturated rings. The van der Waals surface area contributed by atoms with Crippen LogP contribution in [0.2, 0.25) is 0 Å². The number of rotatable bonds is 6. The van der Waals surface area contributed by atoms with E-state index >= 15 is 0 Å². The summed E-state index contributed by atoms with van der Waals surface area (Å²) in [5.41, 5.74) is 2.39. The van der Waals surface area contributed by atoms with Crippen LogP contribution >= 0.6 is 11.3 Å². The number of hydrogen-bond acceptors (Lipinski definition) is 4. The number of nitrogens with one attached hydrogen (secondary N) is 1. The summed E-state index contributed by atoms with van der Waals surface area (Å²) in [6, 6.07) is 7.95. The zero-order chi connectivity index (χ0) is 16.1. The molecule has 0 saturated carbocycles. The van der Waals surface area contributed by atoms with Crippen LogP contribution in [0.1, 0.15) is 41.8 Å². The summed E-state index contributed by atoms with van der Waals surface area (Å²) in [5, 5.41) is 3.67. The van der Waals surface area contributed by atoms with Crippen LogP contribution in [0.25, 0.3) is 0 Å². The Morgan fingerprint density at radius 3 is 2.83 bits per heavy atom. The van der Waals surface area contributed by atoms with Gasteiger partial charge >= 0.3 is 0 Å². The summed E-state index contributed by atoms with van der Waals surface area (Å²) in [6.07, 6.45) is 5.75. The first-order valence-electron chi connectivity index (χ1n) is 8.18. The Balaban J connectivity index is 1.39. The highest BCUT2D eigenvalue weighted by Crippen LogP contribution is 2.29. The molecule has 1 N–H and O–H groups in total. The van der Waals surface area contributed by atoms with E-state index in [2.05, 4.69) is 10.3 Å². The fourth-order valence-electron chi connectivity index (χ4n) is 2.64. The third-order valence-electron chi connectivity index (χ3n) is 3.93. The molecule has 0 spiro atoms. The van der Waals surface area contributed by atoms with Gasteiger partial charge in [-0.2, -0.15) is 0 Å². The van der Waals surface area contributed by atoms with Crippen molar-refractivity contribution in [2.24, 2.45) is 0 Å². The molecular formula is C18H22N2O2S. The quantitative estimate of drug-likeness (QED) is 0.810. The van der Waals surface area contributed by atoms with Gasteiger partial charge in [-0.25, -0.2) is 4.98 Å². The maximum absolute atomic E-state index is 12.0. The Morgan fingerprint density at radius 1 is 1.26 bits per heavy atom. The van der Waals surface area contributed by atoms with E-state index in [1.807, 2.05) is 31.2 Å². The molecular weight excluding hydrogens is 308 g/mol. The zero-order valence-corrected chi connectivity index (χ0v) is 14.2. The number of carbonyl (C=O) groups is 1. The van der Waals surface area contributed by atoms with Crippen molar-refractivity contribution in [3.8, 4) is 5.75 Å². The Hall–Kier alpha value is -1.88. The minimum atomic E-state index is 0.0172. The van der Waals surface area contributed by atoms with Gasteiger partial charge in [0.1, 0.15) is 5.75 Å². The first-order valence-corrected chi connectivity index (χ1v) is 9.00. The van der Waals surface area contributed by atoms with Gasteiger partial charge in [0, 0.05) is 11.3 Å². The topological polar surface area (TPSA) is 51.2 Å². The maximum atomic E-state index is 12.0. The monoisotopic (exact) mass is 330 g/mol. The van der Waals surface area contributed by atoms with Crippen molar-refractivity contribution in [2.45, 2.75) is 45.4 Å². The minimum absolute atomic E-state index is 0.0172. The van der Waals surface area contributed by atoms with Crippen molar-refractivity contribution < 1.29 is 9.53 Å². The second-order valence-electron chi connectivity index (χ2n) is 5.91. The van der Waals surface area contributed by atoms with Gasteiger partial charge in [-0.15, -0.1) is 11.3 Å². The maximum Gasteiger partial charge on any atom is 0.226 e. The number of fused-ring (bicyclic) bond motifs is 1. The first-order chi connectivity index (χ1) is 11.2. The van der Waals surface area contributed by atoms with Crippen molar-refractivity contribution in [3.05, 3.63) is 40.4 Å². The SMILES string of the molecule is Cc1ccc(OCCCC(=O)Nc2nc3c(s2)CCCC3)cc1. The Bertz CT molecular complexity index is 641. The second kappa shape index (κ2) is 7.59. The van der Waals surface area contributed by atoms with Gasteiger partial charge in [0.15, 0.2) is 5.13 Å². The van der Waals surface area contributed by atoms with E-state index in [0.29, 0.717) is 19.4 Å². The zero-order valence-electron chi connectivity index (χ0n) is 13.4. The van der Waals surface area contributed by atoms with Crippen LogP contribution in [0.3, 0.4) is 0 Å². The van der Waals surface area contributed by atoms with Crippen LogP contribution in [0, 0.1) is 6.92 Å². The Morgan fingerprint density at radius 2 is 2.04 bits per heavy atom. The summed E-state index contributed by atoms with van der Waals surface area (Å²) in [5.74, 6) is 0.868. The summed E-state index contributed by atoms with van der Waals surface area (Å²) in [4.78, 5) is 17.9. The van der Waals surface area contributed by atoms with Crippen LogP contribution in [0.5, 0.6) is 5.75 Å². The first kappa shape index (κ1) is 16.0. The standard InChI is InChI=1S/C18H22N2O2S/c1-13-8-10-14(11-9-13)22-12-4-7-17(21)20-18-19-15-5-2-3-6-16(15)23-18/h8-11H,2-7,12H2,1H3,(H,19,20,21). The fraction of sp³-hybridized carbons (Fsp3) is 0.444. The molecule has 1 aromatic heterocycles. The summed E-state index contributed by atoms with van der Waals surface area (Å²) < 4.78 is 5.63. The molecule has 3 rings (SSSR count). The lowest BCUT2D eigenvalue weighted by molar-refractivity contribution is -0.116. The predicted molar refractivity (Wildman–Crippen MR) is 93.3 cm³/mol. The van der Waals surface area contributed by atoms with E-state index in [9.17, 15) is 4.79 Å². The van der Waals surface area contributed by atoms with E-state index in [-0.39, 0.29) is 5.91 Å². The third kappa shape index (κ3) is 4.55. The van der Waals surface area contributed by atoms with E-state index < -0.39 is 0 Å². The van der Waals surface area contributed by atoms with Gasteiger partial charge in [0.25, 0.3) is 0 Å². The normalized spacial score (nSPS) is 13.4. The lowest BCUT2D eigenvalue weighted by Gasteiger charge is -2.06. The molecule has 0 unspecified atom stereocenters. The molecule has 1 heterocycles. The van der Waals surface area contributed by atoms with E-state index in [1.54, 1.807) is 11.3 Å². The third-order valence-corrected chi connectivity index (χ3v) is 5.00. The number of anilines is 1. The van der Waals surface area contributed by atoms with Gasteiger partial charge in [-0.3, -0.25) is 4.79 Å². The number of aryl methyl sites for hydroxylation is 3. The molecule has 4 nitrogen and oxygen atoms in total. The molecule has 0 saturated heterocycles. The lowest BCUT2D eigenvalue weighted by atomic mass is 10.0. The number of carbonyl (C=O) groups excluding carboxylic acids is 1. The van der Waals surface area contributed by atoms with E-state index in [4.69, 9.17) is 4.74 Å². The number of hydrogen-bond donors (Lipinski definition) is 1. The molecule has 0 bridgehead atoms. The number of amides is 1. The van der Waals surface area contributed by atoms with Crippen LogP contribution < -0.4 is 10.1 Å². The fourth-order valence-corrected chi connectivity index (χ4v) is 3.71. The molecule has 1 aliphatic carbocycles. The predicted octanol–water partition coefficient (Wildman–Crippen LogP) is 4.13. The Labute approximate surface area is 140 Å². The van der Waals surface area contributed by atoms with Gasteiger partial charge in [0.2, 0.25) is 5.91 Å². The van der Waals surface area contributed by atoms with Gasteiger partial charge in [0.05, 0.1) is 12.3 Å². The van der Waals surface area contributed by atoms with Gasteiger partial charge in [-0.1, -0.05) is 17.7 Å². The largest absolute Gasteiger partial charge is 0.494 e. The number of benzene rings is 1. The van der Waals surface area contributed by atoms with Gasteiger partial charge < -0.3 is 10.1 Å². The molecule has 1 aliphatic rings.